The normalized spacial score (nSPS) is 15.4. The number of anilines is 4. The zero-order valence-corrected chi connectivity index (χ0v) is 35.1. The molecule has 3 aliphatic carbocycles. The molecular formula is C62H42N2. The molecule has 64 heavy (non-hydrogen) atoms. The number of rotatable bonds is 7. The second-order valence-electron chi connectivity index (χ2n) is 17.3. The lowest BCUT2D eigenvalue weighted by Gasteiger charge is -2.33. The first-order valence-electron chi connectivity index (χ1n) is 22.2. The molecule has 0 bridgehead atoms. The predicted octanol–water partition coefficient (Wildman–Crippen LogP) is 15.5. The van der Waals surface area contributed by atoms with Crippen LogP contribution in [0.5, 0.6) is 0 Å². The van der Waals surface area contributed by atoms with Gasteiger partial charge in [0.2, 0.25) is 0 Å². The molecule has 3 aliphatic rings. The topological polar surface area (TPSA) is 24.1 Å². The molecule has 1 atom stereocenters. The Morgan fingerprint density at radius 1 is 0.219 bits per heavy atom. The number of hydrogen-bond acceptors (Lipinski definition) is 2. The lowest BCUT2D eigenvalue weighted by Crippen LogP contribution is -2.28. The van der Waals surface area contributed by atoms with Gasteiger partial charge in [-0.1, -0.05) is 188 Å². The highest BCUT2D eigenvalue weighted by molar-refractivity contribution is 5.97. The van der Waals surface area contributed by atoms with Crippen LogP contribution in [0, 0.1) is 0 Å². The highest BCUT2D eigenvalue weighted by atomic mass is 14.9. The summed E-state index contributed by atoms with van der Waals surface area (Å²) in [5.41, 5.74) is 24.0. The second kappa shape index (κ2) is 14.2. The van der Waals surface area contributed by atoms with E-state index in [2.05, 4.69) is 253 Å². The molecule has 10 aromatic rings. The minimum atomic E-state index is -0.432. The van der Waals surface area contributed by atoms with Crippen LogP contribution in [0.3, 0.4) is 0 Å². The van der Waals surface area contributed by atoms with Crippen LogP contribution in [0.15, 0.2) is 243 Å². The molecule has 2 nitrogen and oxygen atoms in total. The fraction of sp³-hybridized carbons (Fsp3) is 0.0323. The molecule has 0 saturated carbocycles. The van der Waals surface area contributed by atoms with Gasteiger partial charge in [-0.25, -0.2) is 0 Å². The summed E-state index contributed by atoms with van der Waals surface area (Å²) in [6.45, 7) is 0. The van der Waals surface area contributed by atoms with Gasteiger partial charge in [0.1, 0.15) is 0 Å². The molecule has 13 rings (SSSR count). The Hall–Kier alpha value is -8.20. The Bertz CT molecular complexity index is 3400. The van der Waals surface area contributed by atoms with E-state index in [9.17, 15) is 0 Å². The number of para-hydroxylation sites is 1. The SMILES string of the molecule is c1ccc(Nc2ccc3c(c2)C2(c4ccccc4-c4cc(-c5cccc(Nc6ccc7c(c6)-c6ccccc6C7(c6ccccc6)c6ccccc6)c5)ccc42)c2ccccc2-3)cc1. The number of nitrogens with one attached hydrogen (secondary N) is 2. The largest absolute Gasteiger partial charge is 0.356 e. The molecule has 0 saturated heterocycles. The average molecular weight is 815 g/mol. The Morgan fingerprint density at radius 2 is 0.641 bits per heavy atom. The van der Waals surface area contributed by atoms with Crippen molar-refractivity contribution in [2.75, 3.05) is 10.6 Å². The minimum Gasteiger partial charge on any atom is -0.356 e. The summed E-state index contributed by atoms with van der Waals surface area (Å²) in [6, 6.07) is 89.3. The Balaban J connectivity index is 0.893. The fourth-order valence-corrected chi connectivity index (χ4v) is 11.6. The van der Waals surface area contributed by atoms with Crippen LogP contribution in [-0.2, 0) is 10.8 Å². The van der Waals surface area contributed by atoms with E-state index in [1.807, 2.05) is 0 Å². The molecular weight excluding hydrogens is 773 g/mol. The van der Waals surface area contributed by atoms with Crippen molar-refractivity contribution in [1.29, 1.82) is 0 Å². The third kappa shape index (κ3) is 5.20. The van der Waals surface area contributed by atoms with E-state index >= 15 is 0 Å². The lowest BCUT2D eigenvalue weighted by molar-refractivity contribution is 0.768. The summed E-state index contributed by atoms with van der Waals surface area (Å²) in [7, 11) is 0. The Labute approximate surface area is 374 Å². The molecule has 10 aromatic carbocycles. The second-order valence-corrected chi connectivity index (χ2v) is 17.3. The van der Waals surface area contributed by atoms with Gasteiger partial charge >= 0.3 is 0 Å². The van der Waals surface area contributed by atoms with Gasteiger partial charge in [-0.3, -0.25) is 0 Å². The zero-order chi connectivity index (χ0) is 42.2. The van der Waals surface area contributed by atoms with Crippen molar-refractivity contribution in [1.82, 2.24) is 0 Å². The van der Waals surface area contributed by atoms with E-state index in [1.54, 1.807) is 0 Å². The molecule has 0 radical (unpaired) electrons. The molecule has 2 heteroatoms. The van der Waals surface area contributed by atoms with Crippen LogP contribution < -0.4 is 10.6 Å². The van der Waals surface area contributed by atoms with E-state index in [0.29, 0.717) is 0 Å². The van der Waals surface area contributed by atoms with E-state index in [-0.39, 0.29) is 0 Å². The first-order chi connectivity index (χ1) is 31.7. The molecule has 1 spiro atoms. The predicted molar refractivity (Wildman–Crippen MR) is 265 cm³/mol. The van der Waals surface area contributed by atoms with Gasteiger partial charge in [0.15, 0.2) is 0 Å². The van der Waals surface area contributed by atoms with Crippen molar-refractivity contribution in [3.8, 4) is 44.5 Å². The lowest BCUT2D eigenvalue weighted by atomic mass is 9.68. The average Bonchev–Trinajstić information content (AvgIpc) is 3.94. The third-order valence-corrected chi connectivity index (χ3v) is 14.1. The van der Waals surface area contributed by atoms with Gasteiger partial charge in [0, 0.05) is 22.7 Å². The quantitative estimate of drug-likeness (QED) is 0.167. The van der Waals surface area contributed by atoms with Crippen molar-refractivity contribution >= 4 is 22.7 Å². The van der Waals surface area contributed by atoms with Crippen molar-refractivity contribution in [2.45, 2.75) is 10.8 Å². The molecule has 0 fully saturated rings. The van der Waals surface area contributed by atoms with Crippen LogP contribution in [0.1, 0.15) is 44.5 Å². The van der Waals surface area contributed by atoms with Gasteiger partial charge in [0.05, 0.1) is 10.8 Å². The summed E-state index contributed by atoms with van der Waals surface area (Å²) < 4.78 is 0. The van der Waals surface area contributed by atoms with Gasteiger partial charge in [-0.15, -0.1) is 0 Å². The highest BCUT2D eigenvalue weighted by Gasteiger charge is 2.52. The summed E-state index contributed by atoms with van der Waals surface area (Å²) in [4.78, 5) is 0. The van der Waals surface area contributed by atoms with Crippen molar-refractivity contribution in [3.63, 3.8) is 0 Å². The first kappa shape index (κ1) is 36.5. The van der Waals surface area contributed by atoms with Crippen LogP contribution in [-0.4, -0.2) is 0 Å². The van der Waals surface area contributed by atoms with Gasteiger partial charge < -0.3 is 10.6 Å². The maximum atomic E-state index is 3.83. The number of hydrogen-bond donors (Lipinski definition) is 2. The monoisotopic (exact) mass is 814 g/mol. The smallest absolute Gasteiger partial charge is 0.0726 e. The molecule has 2 N–H and O–H groups in total. The maximum Gasteiger partial charge on any atom is 0.0726 e. The molecule has 0 aliphatic heterocycles. The van der Waals surface area contributed by atoms with Gasteiger partial charge in [0.25, 0.3) is 0 Å². The molecule has 0 aromatic heterocycles. The summed E-state index contributed by atoms with van der Waals surface area (Å²) >= 11 is 0. The fourth-order valence-electron chi connectivity index (χ4n) is 11.6. The molecule has 300 valence electrons. The molecule has 1 unspecified atom stereocenters. The van der Waals surface area contributed by atoms with Gasteiger partial charge in [-0.05, 0) is 144 Å². The standard InChI is InChI=1S/C62H42N2/c1-4-18-43(19-5-1)61(44-20-6-2-7-21-44)55-28-13-11-27-51(55)54-39-47(33-36-58(54)61)64-46-24-16-17-41(37-46)42-31-35-59-53(38-42)50-26-12-15-30-57(50)62(59)56-29-14-10-25-49(56)52-34-32-48(40-60(52)62)63-45-22-8-3-9-23-45/h1-40,63-64H. The third-order valence-electron chi connectivity index (χ3n) is 14.1. The van der Waals surface area contributed by atoms with Crippen molar-refractivity contribution in [2.24, 2.45) is 0 Å². The minimum absolute atomic E-state index is 0.415. The van der Waals surface area contributed by atoms with E-state index in [1.165, 1.54) is 89.0 Å². The van der Waals surface area contributed by atoms with E-state index < -0.39 is 10.8 Å². The highest BCUT2D eigenvalue weighted by Crippen LogP contribution is 2.63. The van der Waals surface area contributed by atoms with E-state index in [0.717, 1.165) is 22.7 Å². The molecule has 0 heterocycles. The van der Waals surface area contributed by atoms with Crippen LogP contribution in [0.4, 0.5) is 22.7 Å². The Kier molecular flexibility index (Phi) is 8.07. The number of benzene rings is 10. The number of fused-ring (bicyclic) bond motifs is 13. The summed E-state index contributed by atoms with van der Waals surface area (Å²) in [5.74, 6) is 0. The van der Waals surface area contributed by atoms with Crippen LogP contribution in [0.25, 0.3) is 44.5 Å². The maximum absolute atomic E-state index is 3.83. The summed E-state index contributed by atoms with van der Waals surface area (Å²) in [5, 5.41) is 7.52. The van der Waals surface area contributed by atoms with Crippen molar-refractivity contribution < 1.29 is 0 Å². The van der Waals surface area contributed by atoms with Gasteiger partial charge in [-0.2, -0.15) is 0 Å². The molecule has 0 amide bonds. The van der Waals surface area contributed by atoms with E-state index in [4.69, 9.17) is 0 Å². The summed E-state index contributed by atoms with van der Waals surface area (Å²) in [6.07, 6.45) is 0. The van der Waals surface area contributed by atoms with Crippen LogP contribution in [0.2, 0.25) is 0 Å². The Morgan fingerprint density at radius 3 is 1.31 bits per heavy atom. The first-order valence-corrected chi connectivity index (χ1v) is 22.2. The zero-order valence-electron chi connectivity index (χ0n) is 35.1. The van der Waals surface area contributed by atoms with Crippen molar-refractivity contribution in [3.05, 3.63) is 287 Å². The van der Waals surface area contributed by atoms with Crippen LogP contribution >= 0.6 is 0 Å².